The minimum atomic E-state index is -1.59. The van der Waals surface area contributed by atoms with Gasteiger partial charge in [0.15, 0.2) is 12.0 Å². The largest absolute Gasteiger partial charge is 0.444 e. The molecule has 4 nitrogen and oxygen atoms in total. The number of Topliss-reactive ketones (excluding diaryl/α,β-unsaturated/α-hetero) is 1. The second kappa shape index (κ2) is 3.79. The zero-order chi connectivity index (χ0) is 11.8. The van der Waals surface area contributed by atoms with Crippen molar-refractivity contribution < 1.29 is 18.7 Å². The number of amides is 1. The molecule has 15 heavy (non-hydrogen) atoms. The van der Waals surface area contributed by atoms with Crippen molar-refractivity contribution in [1.29, 1.82) is 0 Å². The highest BCUT2D eigenvalue weighted by atomic mass is 19.1. The summed E-state index contributed by atoms with van der Waals surface area (Å²) in [5, 5.41) is 0. The molecule has 1 rings (SSSR count). The average molecular weight is 217 g/mol. The lowest BCUT2D eigenvalue weighted by molar-refractivity contribution is -0.120. The molecule has 1 fully saturated rings. The van der Waals surface area contributed by atoms with E-state index in [0.29, 0.717) is 0 Å². The Balaban J connectivity index is 2.66. The molecule has 0 aromatic rings. The minimum Gasteiger partial charge on any atom is -0.444 e. The Kier molecular flexibility index (Phi) is 3.02. The standard InChI is InChI=1S/C10H16FNO3/c1-6-8(11)7(13)5-12(6)9(14)15-10(2,3)4/h6,8H,5H2,1-4H3/t6-,8+/m1/s1. The van der Waals surface area contributed by atoms with E-state index in [9.17, 15) is 14.0 Å². The van der Waals surface area contributed by atoms with Crippen LogP contribution in [0.4, 0.5) is 9.18 Å². The van der Waals surface area contributed by atoms with Gasteiger partial charge in [0.25, 0.3) is 0 Å². The zero-order valence-electron chi connectivity index (χ0n) is 9.41. The van der Waals surface area contributed by atoms with E-state index in [0.717, 1.165) is 4.90 Å². The van der Waals surface area contributed by atoms with E-state index >= 15 is 0 Å². The fourth-order valence-corrected chi connectivity index (χ4v) is 1.38. The van der Waals surface area contributed by atoms with Crippen molar-refractivity contribution >= 4 is 11.9 Å². The second-order valence-electron chi connectivity index (χ2n) is 4.72. The lowest BCUT2D eigenvalue weighted by Crippen LogP contribution is -2.40. The predicted molar refractivity (Wildman–Crippen MR) is 52.3 cm³/mol. The summed E-state index contributed by atoms with van der Waals surface area (Å²) >= 11 is 0. The van der Waals surface area contributed by atoms with E-state index in [1.807, 2.05) is 0 Å². The Morgan fingerprint density at radius 2 is 2.07 bits per heavy atom. The summed E-state index contributed by atoms with van der Waals surface area (Å²) in [5.41, 5.74) is -0.631. The molecule has 0 unspecified atom stereocenters. The first kappa shape index (κ1) is 11.9. The van der Waals surface area contributed by atoms with Crippen LogP contribution < -0.4 is 0 Å². The number of likely N-dealkylation sites (tertiary alicyclic amines) is 1. The van der Waals surface area contributed by atoms with E-state index in [4.69, 9.17) is 4.74 Å². The number of carbonyl (C=O) groups is 2. The third kappa shape index (κ3) is 2.67. The van der Waals surface area contributed by atoms with Crippen molar-refractivity contribution in [1.82, 2.24) is 4.90 Å². The molecule has 1 amide bonds. The van der Waals surface area contributed by atoms with Gasteiger partial charge in [-0.25, -0.2) is 9.18 Å². The van der Waals surface area contributed by atoms with Crippen LogP contribution in [0.5, 0.6) is 0 Å². The lowest BCUT2D eigenvalue weighted by atomic mass is 10.2. The fraction of sp³-hybridized carbons (Fsp3) is 0.800. The van der Waals surface area contributed by atoms with Gasteiger partial charge in [0, 0.05) is 0 Å². The Morgan fingerprint density at radius 1 is 1.53 bits per heavy atom. The van der Waals surface area contributed by atoms with Gasteiger partial charge in [-0.1, -0.05) is 0 Å². The number of rotatable bonds is 0. The molecule has 1 aliphatic rings. The van der Waals surface area contributed by atoms with Crippen LogP contribution in [0.1, 0.15) is 27.7 Å². The predicted octanol–water partition coefficient (Wildman–Crippen LogP) is 1.53. The molecule has 1 heterocycles. The number of carbonyl (C=O) groups excluding carboxylic acids is 2. The second-order valence-corrected chi connectivity index (χ2v) is 4.72. The Bertz CT molecular complexity index is 285. The molecule has 0 bridgehead atoms. The van der Waals surface area contributed by atoms with Gasteiger partial charge in [-0.3, -0.25) is 9.69 Å². The van der Waals surface area contributed by atoms with Gasteiger partial charge in [0.2, 0.25) is 0 Å². The van der Waals surface area contributed by atoms with Crippen LogP contribution in [0.3, 0.4) is 0 Å². The van der Waals surface area contributed by atoms with E-state index in [1.54, 1.807) is 20.8 Å². The quantitative estimate of drug-likeness (QED) is 0.618. The van der Waals surface area contributed by atoms with Gasteiger partial charge < -0.3 is 4.74 Å². The fourth-order valence-electron chi connectivity index (χ4n) is 1.38. The van der Waals surface area contributed by atoms with Gasteiger partial charge in [0.1, 0.15) is 5.60 Å². The zero-order valence-corrected chi connectivity index (χ0v) is 9.41. The molecule has 0 aliphatic carbocycles. The molecule has 86 valence electrons. The van der Waals surface area contributed by atoms with Gasteiger partial charge in [-0.05, 0) is 27.7 Å². The molecular weight excluding hydrogens is 201 g/mol. The Hall–Kier alpha value is -1.13. The smallest absolute Gasteiger partial charge is 0.411 e. The van der Waals surface area contributed by atoms with Crippen LogP contribution >= 0.6 is 0 Å². The van der Waals surface area contributed by atoms with Crippen molar-refractivity contribution in [2.45, 2.75) is 45.5 Å². The first-order valence-electron chi connectivity index (χ1n) is 4.89. The number of ketones is 1. The third-order valence-corrected chi connectivity index (χ3v) is 2.18. The van der Waals surface area contributed by atoms with Crippen molar-refractivity contribution in [3.05, 3.63) is 0 Å². The maximum Gasteiger partial charge on any atom is 0.411 e. The van der Waals surface area contributed by atoms with Gasteiger partial charge >= 0.3 is 6.09 Å². The summed E-state index contributed by atoms with van der Waals surface area (Å²) in [6, 6.07) is -0.729. The van der Waals surface area contributed by atoms with Crippen LogP contribution in [0.2, 0.25) is 0 Å². The van der Waals surface area contributed by atoms with E-state index in [1.165, 1.54) is 6.92 Å². The highest BCUT2D eigenvalue weighted by Gasteiger charge is 2.42. The topological polar surface area (TPSA) is 46.6 Å². The molecule has 0 saturated carbocycles. The van der Waals surface area contributed by atoms with Crippen molar-refractivity contribution in [2.75, 3.05) is 6.54 Å². The minimum absolute atomic E-state index is 0.197. The molecule has 0 aromatic heterocycles. The average Bonchev–Trinajstić information content (AvgIpc) is 2.30. The number of hydrogen-bond donors (Lipinski definition) is 0. The molecule has 0 N–H and O–H groups in total. The lowest BCUT2D eigenvalue weighted by Gasteiger charge is -2.26. The summed E-state index contributed by atoms with van der Waals surface area (Å²) in [4.78, 5) is 23.7. The summed E-state index contributed by atoms with van der Waals surface area (Å²) in [6.07, 6.45) is -2.22. The molecule has 0 radical (unpaired) electrons. The van der Waals surface area contributed by atoms with Crippen molar-refractivity contribution in [3.8, 4) is 0 Å². The molecule has 0 aromatic carbocycles. The molecule has 2 atom stereocenters. The Morgan fingerprint density at radius 3 is 2.40 bits per heavy atom. The number of alkyl halides is 1. The van der Waals surface area contributed by atoms with Gasteiger partial charge in [-0.2, -0.15) is 0 Å². The van der Waals surface area contributed by atoms with Gasteiger partial charge in [0.05, 0.1) is 12.6 Å². The first-order chi connectivity index (χ1) is 6.72. The SMILES string of the molecule is C[C@@H]1[C@H](F)C(=O)CN1C(=O)OC(C)(C)C. The number of halogens is 1. The highest BCUT2D eigenvalue weighted by Crippen LogP contribution is 2.20. The monoisotopic (exact) mass is 217 g/mol. The maximum absolute atomic E-state index is 13.2. The molecule has 1 saturated heterocycles. The maximum atomic E-state index is 13.2. The van der Waals surface area contributed by atoms with Crippen molar-refractivity contribution in [2.24, 2.45) is 0 Å². The van der Waals surface area contributed by atoms with Gasteiger partial charge in [-0.15, -0.1) is 0 Å². The van der Waals surface area contributed by atoms with E-state index in [-0.39, 0.29) is 6.54 Å². The molecule has 5 heteroatoms. The molecule has 1 aliphatic heterocycles. The van der Waals surface area contributed by atoms with Crippen LogP contribution in [0.25, 0.3) is 0 Å². The Labute approximate surface area is 88.4 Å². The summed E-state index contributed by atoms with van der Waals surface area (Å²) in [6.45, 7) is 6.47. The van der Waals surface area contributed by atoms with Crippen LogP contribution in [-0.4, -0.2) is 41.1 Å². The molecule has 0 spiro atoms. The summed E-state index contributed by atoms with van der Waals surface area (Å²) in [7, 11) is 0. The van der Waals surface area contributed by atoms with Crippen LogP contribution in [0, 0.1) is 0 Å². The van der Waals surface area contributed by atoms with E-state index < -0.39 is 29.7 Å². The number of hydrogen-bond acceptors (Lipinski definition) is 3. The normalized spacial score (nSPS) is 27.0. The summed E-state index contributed by atoms with van der Waals surface area (Å²) < 4.78 is 18.2. The first-order valence-corrected chi connectivity index (χ1v) is 4.89. The van der Waals surface area contributed by atoms with Crippen molar-refractivity contribution in [3.63, 3.8) is 0 Å². The third-order valence-electron chi connectivity index (χ3n) is 2.18. The van der Waals surface area contributed by atoms with Crippen LogP contribution in [-0.2, 0) is 9.53 Å². The number of ether oxygens (including phenoxy) is 1. The van der Waals surface area contributed by atoms with Crippen LogP contribution in [0.15, 0.2) is 0 Å². The molecular formula is C10H16FNO3. The van der Waals surface area contributed by atoms with E-state index in [2.05, 4.69) is 0 Å². The summed E-state index contributed by atoms with van der Waals surface area (Å²) in [5.74, 6) is -0.562. The highest BCUT2D eigenvalue weighted by molar-refractivity contribution is 5.91. The number of nitrogens with zero attached hydrogens (tertiary/aromatic N) is 1.